The second kappa shape index (κ2) is 6.61. The van der Waals surface area contributed by atoms with E-state index in [0.717, 1.165) is 46.6 Å². The molecule has 2 aromatic rings. The highest BCUT2D eigenvalue weighted by Gasteiger charge is 2.44. The molecule has 1 N–H and O–H groups in total. The average molecular weight is 381 g/mol. The number of nitrogens with zero attached hydrogens (tertiary/aromatic N) is 1. The maximum atomic E-state index is 14.2. The summed E-state index contributed by atoms with van der Waals surface area (Å²) < 4.78 is 14.2. The summed E-state index contributed by atoms with van der Waals surface area (Å²) in [5.74, 6) is 0.262. The summed E-state index contributed by atoms with van der Waals surface area (Å²) in [5, 5.41) is 3.10. The van der Waals surface area contributed by atoms with Crippen molar-refractivity contribution in [1.29, 1.82) is 0 Å². The third-order valence-corrected chi connectivity index (χ3v) is 5.96. The van der Waals surface area contributed by atoms with E-state index in [2.05, 4.69) is 49.2 Å². The van der Waals surface area contributed by atoms with Gasteiger partial charge in [0.1, 0.15) is 5.82 Å². The van der Waals surface area contributed by atoms with Crippen molar-refractivity contribution in [3.8, 4) is 0 Å². The summed E-state index contributed by atoms with van der Waals surface area (Å²) in [6.45, 7) is 11.2. The molecule has 0 saturated carbocycles. The van der Waals surface area contributed by atoms with E-state index < -0.39 is 0 Å². The standard InChI is InChI=1S/C24H29FN2O/c1-14-9-17(10-15(2)23(14)26-21(28)12-24(3,4)5)27-13-16-11-20(27)18-7-6-8-19(25)22(16)18/h6-10,16,20H,11-13H2,1-5H3,(H,26,28)/t16-,20-/m0/s1. The number of benzene rings is 2. The van der Waals surface area contributed by atoms with Crippen molar-refractivity contribution >= 4 is 17.3 Å². The topological polar surface area (TPSA) is 32.3 Å². The molecule has 1 heterocycles. The van der Waals surface area contributed by atoms with Crippen LogP contribution in [0.2, 0.25) is 0 Å². The minimum atomic E-state index is -0.0612. The lowest BCUT2D eigenvalue weighted by Crippen LogP contribution is -2.28. The molecular formula is C24H29FN2O. The van der Waals surface area contributed by atoms with Crippen LogP contribution in [-0.2, 0) is 4.79 Å². The number of carbonyl (C=O) groups excluding carboxylic acids is 1. The van der Waals surface area contributed by atoms with Crippen LogP contribution >= 0.6 is 0 Å². The molecule has 4 rings (SSSR count). The van der Waals surface area contributed by atoms with Crippen LogP contribution in [0.25, 0.3) is 0 Å². The van der Waals surface area contributed by atoms with Crippen molar-refractivity contribution in [3.05, 3.63) is 58.4 Å². The van der Waals surface area contributed by atoms with Gasteiger partial charge in [0.2, 0.25) is 5.91 Å². The Bertz CT molecular complexity index is 921. The number of carbonyl (C=O) groups is 1. The molecule has 0 radical (unpaired) electrons. The molecule has 1 saturated heterocycles. The number of hydrogen-bond acceptors (Lipinski definition) is 2. The van der Waals surface area contributed by atoms with Crippen molar-refractivity contribution < 1.29 is 9.18 Å². The van der Waals surface area contributed by atoms with Gasteiger partial charge in [0.15, 0.2) is 0 Å². The molecule has 2 aromatic carbocycles. The molecular weight excluding hydrogens is 351 g/mol. The van der Waals surface area contributed by atoms with Crippen LogP contribution < -0.4 is 10.2 Å². The highest BCUT2D eigenvalue weighted by molar-refractivity contribution is 5.93. The predicted octanol–water partition coefficient (Wildman–Crippen LogP) is 5.87. The lowest BCUT2D eigenvalue weighted by molar-refractivity contribution is -0.117. The first kappa shape index (κ1) is 19.0. The van der Waals surface area contributed by atoms with Crippen LogP contribution in [0, 0.1) is 25.1 Å². The fourth-order valence-electron chi connectivity index (χ4n) is 4.87. The minimum Gasteiger partial charge on any atom is -0.364 e. The van der Waals surface area contributed by atoms with Gasteiger partial charge in [0, 0.05) is 30.3 Å². The van der Waals surface area contributed by atoms with Crippen LogP contribution in [0.5, 0.6) is 0 Å². The lowest BCUT2D eigenvalue weighted by atomic mass is 9.92. The molecule has 0 spiro atoms. The summed E-state index contributed by atoms with van der Waals surface area (Å²) >= 11 is 0. The molecule has 148 valence electrons. The van der Waals surface area contributed by atoms with Gasteiger partial charge in [-0.1, -0.05) is 32.9 Å². The van der Waals surface area contributed by atoms with Gasteiger partial charge >= 0.3 is 0 Å². The molecule has 3 nitrogen and oxygen atoms in total. The molecule has 2 atom stereocenters. The maximum Gasteiger partial charge on any atom is 0.224 e. The first-order valence-electron chi connectivity index (χ1n) is 10.1. The number of nitrogens with one attached hydrogen (secondary N) is 1. The maximum absolute atomic E-state index is 14.2. The van der Waals surface area contributed by atoms with Crippen molar-refractivity contribution in [2.24, 2.45) is 5.41 Å². The van der Waals surface area contributed by atoms with E-state index in [0.29, 0.717) is 6.42 Å². The summed E-state index contributed by atoms with van der Waals surface area (Å²) in [5.41, 5.74) is 6.22. The summed E-state index contributed by atoms with van der Waals surface area (Å²) in [6, 6.07) is 10.0. The second-order valence-corrected chi connectivity index (χ2v) is 9.58. The first-order chi connectivity index (χ1) is 13.1. The molecule has 4 heteroatoms. The molecule has 1 amide bonds. The Labute approximate surface area is 166 Å². The number of amides is 1. The van der Waals surface area contributed by atoms with Gasteiger partial charge in [-0.25, -0.2) is 4.39 Å². The second-order valence-electron chi connectivity index (χ2n) is 9.58. The zero-order valence-corrected chi connectivity index (χ0v) is 17.4. The van der Waals surface area contributed by atoms with E-state index in [9.17, 15) is 9.18 Å². The smallest absolute Gasteiger partial charge is 0.224 e. The Kier molecular flexibility index (Phi) is 4.48. The van der Waals surface area contributed by atoms with Crippen molar-refractivity contribution in [3.63, 3.8) is 0 Å². The van der Waals surface area contributed by atoms with Gasteiger partial charge < -0.3 is 10.2 Å². The Hall–Kier alpha value is -2.36. The largest absolute Gasteiger partial charge is 0.364 e. The molecule has 0 aromatic heterocycles. The van der Waals surface area contributed by atoms with E-state index in [-0.39, 0.29) is 29.1 Å². The quantitative estimate of drug-likeness (QED) is 0.723. The normalized spacial score (nSPS) is 20.4. The van der Waals surface area contributed by atoms with Crippen LogP contribution in [-0.4, -0.2) is 12.5 Å². The summed E-state index contributed by atoms with van der Waals surface area (Å²) in [4.78, 5) is 14.8. The summed E-state index contributed by atoms with van der Waals surface area (Å²) in [7, 11) is 0. The SMILES string of the molecule is Cc1cc(N2C[C@@H]3C[C@H]2c2cccc(F)c23)cc(C)c1NC(=O)CC(C)(C)C. The molecule has 1 fully saturated rings. The van der Waals surface area contributed by atoms with E-state index >= 15 is 0 Å². The molecule has 1 aliphatic carbocycles. The first-order valence-corrected chi connectivity index (χ1v) is 10.1. The third kappa shape index (κ3) is 3.30. The number of fused-ring (bicyclic) bond motifs is 5. The van der Waals surface area contributed by atoms with Gasteiger partial charge in [-0.2, -0.15) is 0 Å². The van der Waals surface area contributed by atoms with E-state index in [1.807, 2.05) is 19.9 Å². The van der Waals surface area contributed by atoms with Gasteiger partial charge in [-0.15, -0.1) is 0 Å². The van der Waals surface area contributed by atoms with Crippen LogP contribution in [0.3, 0.4) is 0 Å². The Morgan fingerprint density at radius 1 is 1.21 bits per heavy atom. The molecule has 2 bridgehead atoms. The Balaban J connectivity index is 1.59. The third-order valence-electron chi connectivity index (χ3n) is 5.96. The lowest BCUT2D eigenvalue weighted by Gasteiger charge is -2.32. The summed E-state index contributed by atoms with van der Waals surface area (Å²) in [6.07, 6.45) is 1.48. The van der Waals surface area contributed by atoms with E-state index in [4.69, 9.17) is 0 Å². The van der Waals surface area contributed by atoms with Gasteiger partial charge in [-0.05, 0) is 66.1 Å². The van der Waals surface area contributed by atoms with Crippen LogP contribution in [0.4, 0.5) is 15.8 Å². The van der Waals surface area contributed by atoms with Gasteiger partial charge in [0.05, 0.1) is 6.04 Å². The Morgan fingerprint density at radius 3 is 2.54 bits per heavy atom. The number of hydrogen-bond donors (Lipinski definition) is 1. The fraction of sp³-hybridized carbons (Fsp3) is 0.458. The van der Waals surface area contributed by atoms with E-state index in [1.165, 1.54) is 0 Å². The Morgan fingerprint density at radius 2 is 1.89 bits per heavy atom. The number of anilines is 2. The monoisotopic (exact) mass is 380 g/mol. The van der Waals surface area contributed by atoms with Crippen LogP contribution in [0.15, 0.2) is 30.3 Å². The highest BCUT2D eigenvalue weighted by atomic mass is 19.1. The predicted molar refractivity (Wildman–Crippen MR) is 112 cm³/mol. The zero-order chi connectivity index (χ0) is 20.2. The van der Waals surface area contributed by atoms with Crippen molar-refractivity contribution in [2.75, 3.05) is 16.8 Å². The highest BCUT2D eigenvalue weighted by Crippen LogP contribution is 2.52. The van der Waals surface area contributed by atoms with Crippen molar-refractivity contribution in [1.82, 2.24) is 0 Å². The number of halogens is 1. The van der Waals surface area contributed by atoms with Crippen LogP contribution in [0.1, 0.15) is 67.8 Å². The van der Waals surface area contributed by atoms with Gasteiger partial charge in [0.25, 0.3) is 0 Å². The number of rotatable bonds is 3. The average Bonchev–Trinajstić information content (AvgIpc) is 3.16. The molecule has 2 aliphatic rings. The van der Waals surface area contributed by atoms with Crippen molar-refractivity contribution in [2.45, 2.75) is 59.4 Å². The molecule has 0 unspecified atom stereocenters. The molecule has 28 heavy (non-hydrogen) atoms. The minimum absolute atomic E-state index is 0.0384. The number of aryl methyl sites for hydroxylation is 2. The fourth-order valence-corrected chi connectivity index (χ4v) is 4.87. The van der Waals surface area contributed by atoms with Gasteiger partial charge in [-0.3, -0.25) is 4.79 Å². The zero-order valence-electron chi connectivity index (χ0n) is 17.4. The molecule has 1 aliphatic heterocycles. The van der Waals surface area contributed by atoms with E-state index in [1.54, 1.807) is 6.07 Å².